The van der Waals surface area contributed by atoms with Crippen molar-refractivity contribution in [2.75, 3.05) is 6.54 Å². The molecule has 1 amide bonds. The van der Waals surface area contributed by atoms with E-state index >= 15 is 0 Å². The molecule has 0 aliphatic carbocycles. The van der Waals surface area contributed by atoms with E-state index < -0.39 is 0 Å². The molecule has 0 spiro atoms. The molecule has 1 unspecified atom stereocenters. The molecule has 1 atom stereocenters. The summed E-state index contributed by atoms with van der Waals surface area (Å²) in [5, 5.41) is 3.35. The van der Waals surface area contributed by atoms with Crippen LogP contribution in [0.15, 0.2) is 18.2 Å². The van der Waals surface area contributed by atoms with Crippen molar-refractivity contribution in [3.05, 3.63) is 34.3 Å². The van der Waals surface area contributed by atoms with E-state index in [1.807, 2.05) is 19.9 Å². The normalized spacial score (nSPS) is 12.2. The first-order valence-corrected chi connectivity index (χ1v) is 6.04. The predicted molar refractivity (Wildman–Crippen MR) is 68.5 cm³/mol. The molecule has 1 N–H and O–H groups in total. The van der Waals surface area contributed by atoms with Crippen LogP contribution in [0.25, 0.3) is 0 Å². The van der Waals surface area contributed by atoms with Gasteiger partial charge in [-0.25, -0.2) is 0 Å². The number of alkyl halides is 1. The van der Waals surface area contributed by atoms with Gasteiger partial charge in [-0.3, -0.25) is 4.79 Å². The molecular formula is C12H15Cl2NO. The van der Waals surface area contributed by atoms with E-state index in [1.54, 1.807) is 12.1 Å². The van der Waals surface area contributed by atoms with Gasteiger partial charge < -0.3 is 5.32 Å². The van der Waals surface area contributed by atoms with Gasteiger partial charge >= 0.3 is 0 Å². The first-order valence-electron chi connectivity index (χ1n) is 5.23. The zero-order valence-electron chi connectivity index (χ0n) is 9.39. The Hall–Kier alpha value is -0.730. The monoisotopic (exact) mass is 259 g/mol. The van der Waals surface area contributed by atoms with E-state index in [0.717, 1.165) is 12.0 Å². The Morgan fingerprint density at radius 1 is 1.50 bits per heavy atom. The van der Waals surface area contributed by atoms with Crippen LogP contribution in [0.5, 0.6) is 0 Å². The third kappa shape index (κ3) is 3.69. The van der Waals surface area contributed by atoms with Gasteiger partial charge in [-0.05, 0) is 31.0 Å². The van der Waals surface area contributed by atoms with Crippen molar-refractivity contribution >= 4 is 29.1 Å². The quantitative estimate of drug-likeness (QED) is 0.826. The number of halogens is 2. The number of nitrogens with one attached hydrogen (secondary N) is 1. The van der Waals surface area contributed by atoms with Gasteiger partial charge in [0.1, 0.15) is 0 Å². The van der Waals surface area contributed by atoms with Gasteiger partial charge in [0.15, 0.2) is 0 Å². The Kier molecular flexibility index (Phi) is 5.10. The number of rotatable bonds is 4. The zero-order chi connectivity index (χ0) is 12.1. The van der Waals surface area contributed by atoms with Gasteiger partial charge in [0.2, 0.25) is 0 Å². The van der Waals surface area contributed by atoms with E-state index in [1.165, 1.54) is 0 Å². The minimum absolute atomic E-state index is 0.0233. The van der Waals surface area contributed by atoms with Crippen molar-refractivity contribution in [3.8, 4) is 0 Å². The highest BCUT2D eigenvalue weighted by Crippen LogP contribution is 2.16. The van der Waals surface area contributed by atoms with Crippen molar-refractivity contribution in [2.24, 2.45) is 0 Å². The number of carbonyl (C=O) groups excluding carboxylic acids is 1. The highest BCUT2D eigenvalue weighted by molar-refractivity contribution is 6.31. The maximum absolute atomic E-state index is 11.7. The van der Waals surface area contributed by atoms with Crippen LogP contribution in [0.1, 0.15) is 29.3 Å². The minimum Gasteiger partial charge on any atom is -0.351 e. The van der Waals surface area contributed by atoms with Crippen LogP contribution < -0.4 is 5.32 Å². The number of hydrogen-bond acceptors (Lipinski definition) is 1. The average Bonchev–Trinajstić information content (AvgIpc) is 2.29. The van der Waals surface area contributed by atoms with Gasteiger partial charge in [-0.15, -0.1) is 11.6 Å². The molecule has 1 rings (SSSR count). The first kappa shape index (κ1) is 13.3. The average molecular weight is 260 g/mol. The van der Waals surface area contributed by atoms with Crippen LogP contribution in [-0.4, -0.2) is 17.8 Å². The van der Waals surface area contributed by atoms with Gasteiger partial charge in [-0.1, -0.05) is 24.6 Å². The van der Waals surface area contributed by atoms with E-state index in [2.05, 4.69) is 5.32 Å². The molecule has 4 heteroatoms. The molecule has 0 saturated heterocycles. The second kappa shape index (κ2) is 6.12. The van der Waals surface area contributed by atoms with Gasteiger partial charge in [-0.2, -0.15) is 0 Å². The van der Waals surface area contributed by atoms with Crippen molar-refractivity contribution in [1.82, 2.24) is 5.32 Å². The Morgan fingerprint density at radius 3 is 2.75 bits per heavy atom. The largest absolute Gasteiger partial charge is 0.351 e. The van der Waals surface area contributed by atoms with E-state index in [0.29, 0.717) is 17.1 Å². The number of aryl methyl sites for hydroxylation is 1. The lowest BCUT2D eigenvalue weighted by molar-refractivity contribution is 0.0953. The molecule has 0 aliphatic rings. The predicted octanol–water partition coefficient (Wildman–Crippen LogP) is 3.40. The molecule has 0 saturated carbocycles. The van der Waals surface area contributed by atoms with E-state index in [9.17, 15) is 4.79 Å². The molecule has 0 heterocycles. The van der Waals surface area contributed by atoms with Crippen molar-refractivity contribution in [1.29, 1.82) is 0 Å². The molecule has 0 fully saturated rings. The molecule has 2 nitrogen and oxygen atoms in total. The number of amides is 1. The number of carbonyl (C=O) groups is 1. The Morgan fingerprint density at radius 2 is 2.19 bits per heavy atom. The third-order valence-corrected chi connectivity index (χ3v) is 3.23. The molecule has 88 valence electrons. The fourth-order valence-corrected chi connectivity index (χ4v) is 1.44. The van der Waals surface area contributed by atoms with Gasteiger partial charge in [0.25, 0.3) is 5.91 Å². The van der Waals surface area contributed by atoms with Crippen molar-refractivity contribution in [2.45, 2.75) is 25.6 Å². The lowest BCUT2D eigenvalue weighted by Gasteiger charge is -2.09. The fourth-order valence-electron chi connectivity index (χ4n) is 1.18. The second-order valence-corrected chi connectivity index (χ2v) is 4.70. The summed E-state index contributed by atoms with van der Waals surface area (Å²) in [5.74, 6) is -0.138. The smallest absolute Gasteiger partial charge is 0.251 e. The lowest BCUT2D eigenvalue weighted by Crippen LogP contribution is -2.29. The van der Waals surface area contributed by atoms with E-state index in [4.69, 9.17) is 23.2 Å². The molecule has 1 aromatic rings. The standard InChI is InChI=1S/C12H15Cl2NO/c1-3-10(13)7-15-12(16)9-5-4-8(2)11(14)6-9/h4-6,10H,3,7H2,1-2H3,(H,15,16). The molecule has 0 aromatic heterocycles. The molecule has 0 bridgehead atoms. The molecule has 16 heavy (non-hydrogen) atoms. The third-order valence-electron chi connectivity index (χ3n) is 2.36. The Bertz CT molecular complexity index is 379. The SMILES string of the molecule is CCC(Cl)CNC(=O)c1ccc(C)c(Cl)c1. The van der Waals surface area contributed by atoms with Gasteiger partial charge in [0.05, 0.1) is 5.38 Å². The van der Waals surface area contributed by atoms with Crippen LogP contribution in [0.3, 0.4) is 0 Å². The summed E-state index contributed by atoms with van der Waals surface area (Å²) in [6.45, 7) is 4.35. The Labute approximate surface area is 106 Å². The first-order chi connectivity index (χ1) is 7.54. The maximum atomic E-state index is 11.7. The summed E-state index contributed by atoms with van der Waals surface area (Å²) < 4.78 is 0. The van der Waals surface area contributed by atoms with E-state index in [-0.39, 0.29) is 11.3 Å². The van der Waals surface area contributed by atoms with Crippen LogP contribution in [-0.2, 0) is 0 Å². The van der Waals surface area contributed by atoms with Crippen molar-refractivity contribution in [3.63, 3.8) is 0 Å². The number of hydrogen-bond donors (Lipinski definition) is 1. The lowest BCUT2D eigenvalue weighted by atomic mass is 10.1. The molecule has 0 radical (unpaired) electrons. The second-order valence-electron chi connectivity index (χ2n) is 3.68. The highest BCUT2D eigenvalue weighted by Gasteiger charge is 2.08. The summed E-state index contributed by atoms with van der Waals surface area (Å²) in [4.78, 5) is 11.7. The summed E-state index contributed by atoms with van der Waals surface area (Å²) in [6, 6.07) is 5.25. The Balaban J connectivity index is 2.63. The number of benzene rings is 1. The zero-order valence-corrected chi connectivity index (χ0v) is 10.9. The maximum Gasteiger partial charge on any atom is 0.251 e. The topological polar surface area (TPSA) is 29.1 Å². The highest BCUT2D eigenvalue weighted by atomic mass is 35.5. The molecular weight excluding hydrogens is 245 g/mol. The summed E-state index contributed by atoms with van der Waals surface area (Å²) >= 11 is 11.9. The van der Waals surface area contributed by atoms with Crippen LogP contribution in [0, 0.1) is 6.92 Å². The summed E-state index contributed by atoms with van der Waals surface area (Å²) in [6.07, 6.45) is 0.830. The van der Waals surface area contributed by atoms with Gasteiger partial charge in [0, 0.05) is 17.1 Å². The van der Waals surface area contributed by atoms with Crippen LogP contribution in [0.2, 0.25) is 5.02 Å². The summed E-state index contributed by atoms with van der Waals surface area (Å²) in [7, 11) is 0. The molecule has 1 aromatic carbocycles. The molecule has 0 aliphatic heterocycles. The van der Waals surface area contributed by atoms with Crippen molar-refractivity contribution < 1.29 is 4.79 Å². The minimum atomic E-state index is -0.138. The summed E-state index contributed by atoms with van der Waals surface area (Å²) in [5.41, 5.74) is 1.53. The fraction of sp³-hybridized carbons (Fsp3) is 0.417. The van der Waals surface area contributed by atoms with Crippen LogP contribution in [0.4, 0.5) is 0 Å². The van der Waals surface area contributed by atoms with Crippen LogP contribution >= 0.6 is 23.2 Å².